The van der Waals surface area contributed by atoms with Gasteiger partial charge in [0.25, 0.3) is 5.91 Å². The highest BCUT2D eigenvalue weighted by Crippen LogP contribution is 2.37. The smallest absolute Gasteiger partial charge is 0.257 e. The van der Waals surface area contributed by atoms with Gasteiger partial charge in [0.15, 0.2) is 16.6 Å². The lowest BCUT2D eigenvalue weighted by molar-refractivity contribution is 0.102. The second kappa shape index (κ2) is 6.25. The number of anilines is 2. The molecule has 25 heavy (non-hydrogen) atoms. The minimum absolute atomic E-state index is 0.179. The van der Waals surface area contributed by atoms with Crippen LogP contribution in [0.3, 0.4) is 0 Å². The number of carbonyl (C=O) groups excluding carboxylic acids is 1. The summed E-state index contributed by atoms with van der Waals surface area (Å²) in [4.78, 5) is 18.9. The lowest BCUT2D eigenvalue weighted by atomic mass is 10.2. The van der Waals surface area contributed by atoms with Gasteiger partial charge in [-0.3, -0.25) is 10.1 Å². The fourth-order valence-corrected chi connectivity index (χ4v) is 3.47. The maximum Gasteiger partial charge on any atom is 0.257 e. The topological polar surface area (TPSA) is 63.7 Å². The largest absolute Gasteiger partial charge is 0.486 e. The molecule has 1 aliphatic rings. The molecule has 1 aromatic heterocycles. The molecule has 1 aliphatic heterocycles. The van der Waals surface area contributed by atoms with Crippen molar-refractivity contribution in [2.75, 3.05) is 37.5 Å². The van der Waals surface area contributed by atoms with Crippen molar-refractivity contribution in [3.63, 3.8) is 0 Å². The zero-order valence-corrected chi connectivity index (χ0v) is 14.7. The fourth-order valence-electron chi connectivity index (χ4n) is 2.60. The van der Waals surface area contributed by atoms with Gasteiger partial charge >= 0.3 is 0 Å². The second-order valence-electron chi connectivity index (χ2n) is 5.88. The van der Waals surface area contributed by atoms with Crippen LogP contribution in [-0.2, 0) is 0 Å². The molecule has 7 heteroatoms. The van der Waals surface area contributed by atoms with E-state index in [-0.39, 0.29) is 5.91 Å². The molecule has 6 nitrogen and oxygen atoms in total. The van der Waals surface area contributed by atoms with E-state index in [1.54, 1.807) is 12.1 Å². The standard InChI is InChI=1S/C18H17N3O3S/c1-21(2)12-5-3-11(4-6-12)17(22)20-18-19-13-9-14-15(10-16(13)25-18)24-8-7-23-14/h3-6,9-10H,7-8H2,1-2H3,(H,19,20,22). The van der Waals surface area contributed by atoms with E-state index in [2.05, 4.69) is 10.3 Å². The molecule has 0 saturated heterocycles. The molecule has 0 fully saturated rings. The van der Waals surface area contributed by atoms with Crippen molar-refractivity contribution in [2.45, 2.75) is 0 Å². The van der Waals surface area contributed by atoms with Crippen LogP contribution in [0.25, 0.3) is 10.2 Å². The Morgan fingerprint density at radius 1 is 1.12 bits per heavy atom. The Kier molecular flexibility index (Phi) is 3.93. The molecule has 0 aliphatic carbocycles. The molecule has 0 radical (unpaired) electrons. The third-order valence-corrected chi connectivity index (χ3v) is 4.85. The molecule has 0 unspecified atom stereocenters. The fraction of sp³-hybridized carbons (Fsp3) is 0.222. The summed E-state index contributed by atoms with van der Waals surface area (Å²) in [6.07, 6.45) is 0. The van der Waals surface area contributed by atoms with Crippen molar-refractivity contribution in [1.29, 1.82) is 0 Å². The lowest BCUT2D eigenvalue weighted by Crippen LogP contribution is -2.15. The number of ether oxygens (including phenoxy) is 2. The van der Waals surface area contributed by atoms with E-state index in [4.69, 9.17) is 9.47 Å². The first-order chi connectivity index (χ1) is 12.1. The van der Waals surface area contributed by atoms with Crippen LogP contribution < -0.4 is 19.7 Å². The Balaban J connectivity index is 1.56. The van der Waals surface area contributed by atoms with Crippen LogP contribution in [0.2, 0.25) is 0 Å². The van der Waals surface area contributed by atoms with Crippen LogP contribution in [0.4, 0.5) is 10.8 Å². The molecular weight excluding hydrogens is 338 g/mol. The van der Waals surface area contributed by atoms with Gasteiger partial charge in [-0.15, -0.1) is 0 Å². The maximum atomic E-state index is 12.4. The SMILES string of the molecule is CN(C)c1ccc(C(=O)Nc2nc3cc4c(cc3s2)OCCO4)cc1. The third kappa shape index (κ3) is 3.10. The Morgan fingerprint density at radius 3 is 2.48 bits per heavy atom. The summed E-state index contributed by atoms with van der Waals surface area (Å²) < 4.78 is 12.1. The monoisotopic (exact) mass is 355 g/mol. The van der Waals surface area contributed by atoms with Gasteiger partial charge in [0, 0.05) is 37.5 Å². The van der Waals surface area contributed by atoms with Crippen molar-refractivity contribution in [2.24, 2.45) is 0 Å². The lowest BCUT2D eigenvalue weighted by Gasteiger charge is -2.17. The average Bonchev–Trinajstić information content (AvgIpc) is 3.00. The number of rotatable bonds is 3. The van der Waals surface area contributed by atoms with Crippen LogP contribution in [0.1, 0.15) is 10.4 Å². The first kappa shape index (κ1) is 15.7. The Labute approximate surface area is 149 Å². The molecule has 128 valence electrons. The van der Waals surface area contributed by atoms with E-state index in [0.29, 0.717) is 29.7 Å². The van der Waals surface area contributed by atoms with Crippen molar-refractivity contribution in [3.8, 4) is 11.5 Å². The quantitative estimate of drug-likeness (QED) is 0.780. The number of hydrogen-bond acceptors (Lipinski definition) is 6. The summed E-state index contributed by atoms with van der Waals surface area (Å²) >= 11 is 1.41. The summed E-state index contributed by atoms with van der Waals surface area (Å²) in [5.41, 5.74) is 2.42. The number of amides is 1. The summed E-state index contributed by atoms with van der Waals surface area (Å²) in [7, 11) is 3.92. The first-order valence-corrected chi connectivity index (χ1v) is 8.71. The van der Waals surface area contributed by atoms with E-state index in [1.165, 1.54) is 11.3 Å². The van der Waals surface area contributed by atoms with Crippen LogP contribution in [0.5, 0.6) is 11.5 Å². The van der Waals surface area contributed by atoms with Gasteiger partial charge in [0.1, 0.15) is 13.2 Å². The van der Waals surface area contributed by atoms with Gasteiger partial charge in [-0.25, -0.2) is 4.98 Å². The van der Waals surface area contributed by atoms with Gasteiger partial charge < -0.3 is 14.4 Å². The highest BCUT2D eigenvalue weighted by molar-refractivity contribution is 7.22. The molecule has 3 aromatic rings. The zero-order chi connectivity index (χ0) is 17.4. The second-order valence-corrected chi connectivity index (χ2v) is 6.91. The third-order valence-electron chi connectivity index (χ3n) is 3.92. The number of hydrogen-bond donors (Lipinski definition) is 1. The summed E-state index contributed by atoms with van der Waals surface area (Å²) in [6.45, 7) is 1.08. The number of carbonyl (C=O) groups is 1. The molecule has 0 bridgehead atoms. The Morgan fingerprint density at radius 2 is 1.80 bits per heavy atom. The summed E-state index contributed by atoms with van der Waals surface area (Å²) in [5, 5.41) is 3.41. The molecule has 2 heterocycles. The maximum absolute atomic E-state index is 12.4. The minimum Gasteiger partial charge on any atom is -0.486 e. The predicted octanol–water partition coefficient (Wildman–Crippen LogP) is 3.39. The highest BCUT2D eigenvalue weighted by atomic mass is 32.1. The number of aromatic nitrogens is 1. The van der Waals surface area contributed by atoms with Gasteiger partial charge in [-0.1, -0.05) is 11.3 Å². The van der Waals surface area contributed by atoms with E-state index < -0.39 is 0 Å². The molecule has 1 N–H and O–H groups in total. The Bertz CT molecular complexity index is 892. The van der Waals surface area contributed by atoms with Crippen molar-refractivity contribution >= 4 is 38.3 Å². The van der Waals surface area contributed by atoms with E-state index in [9.17, 15) is 4.79 Å². The minimum atomic E-state index is -0.179. The zero-order valence-electron chi connectivity index (χ0n) is 13.9. The predicted molar refractivity (Wildman–Crippen MR) is 99.3 cm³/mol. The molecular formula is C18H17N3O3S. The van der Waals surface area contributed by atoms with Gasteiger partial charge in [0.05, 0.1) is 10.2 Å². The van der Waals surface area contributed by atoms with Gasteiger partial charge in [-0.2, -0.15) is 0 Å². The van der Waals surface area contributed by atoms with E-state index in [1.807, 2.05) is 43.3 Å². The number of fused-ring (bicyclic) bond motifs is 2. The molecule has 1 amide bonds. The molecule has 0 spiro atoms. The summed E-state index contributed by atoms with van der Waals surface area (Å²) in [6, 6.07) is 11.2. The molecule has 0 saturated carbocycles. The number of nitrogens with one attached hydrogen (secondary N) is 1. The van der Waals surface area contributed by atoms with E-state index in [0.717, 1.165) is 21.7 Å². The normalized spacial score (nSPS) is 12.9. The van der Waals surface area contributed by atoms with Crippen molar-refractivity contribution < 1.29 is 14.3 Å². The van der Waals surface area contributed by atoms with Crippen molar-refractivity contribution in [1.82, 2.24) is 4.98 Å². The van der Waals surface area contributed by atoms with Crippen LogP contribution in [-0.4, -0.2) is 38.2 Å². The molecule has 2 aromatic carbocycles. The van der Waals surface area contributed by atoms with Crippen LogP contribution in [0, 0.1) is 0 Å². The Hall–Kier alpha value is -2.80. The molecule has 4 rings (SSSR count). The van der Waals surface area contributed by atoms with Crippen LogP contribution >= 0.6 is 11.3 Å². The average molecular weight is 355 g/mol. The van der Waals surface area contributed by atoms with Crippen LogP contribution in [0.15, 0.2) is 36.4 Å². The van der Waals surface area contributed by atoms with Gasteiger partial charge in [0.2, 0.25) is 0 Å². The number of thiazole rings is 1. The number of benzene rings is 2. The number of nitrogens with zero attached hydrogens (tertiary/aromatic N) is 2. The first-order valence-electron chi connectivity index (χ1n) is 7.89. The molecule has 0 atom stereocenters. The van der Waals surface area contributed by atoms with Crippen molar-refractivity contribution in [3.05, 3.63) is 42.0 Å². The van der Waals surface area contributed by atoms with E-state index >= 15 is 0 Å². The highest BCUT2D eigenvalue weighted by Gasteiger charge is 2.16. The van der Waals surface area contributed by atoms with Gasteiger partial charge in [-0.05, 0) is 24.3 Å². The summed E-state index contributed by atoms with van der Waals surface area (Å²) in [5.74, 6) is 1.24.